The number of carbonyl (C=O) groups excluding carboxylic acids is 1. The highest BCUT2D eigenvalue weighted by Gasteiger charge is 2.16. The van der Waals surface area contributed by atoms with E-state index >= 15 is 0 Å². The van der Waals surface area contributed by atoms with Gasteiger partial charge in [-0.1, -0.05) is 0 Å². The van der Waals surface area contributed by atoms with Crippen LogP contribution in [0.25, 0.3) is 0 Å². The average Bonchev–Trinajstić information content (AvgIpc) is 2.66. The molecule has 0 saturated carbocycles. The molecule has 0 atom stereocenters. The average molecular weight is 224 g/mol. The monoisotopic (exact) mass is 224 g/mol. The van der Waals surface area contributed by atoms with Crippen LogP contribution in [0.15, 0.2) is 18.3 Å². The van der Waals surface area contributed by atoms with Crippen LogP contribution < -0.4 is 0 Å². The van der Waals surface area contributed by atoms with Gasteiger partial charge in [0, 0.05) is 37.8 Å². The number of Topliss-reactive ketones (excluding diaryl/α,β-unsaturated/α-hetero) is 1. The van der Waals surface area contributed by atoms with Gasteiger partial charge in [-0.2, -0.15) is 11.8 Å². The predicted molar refractivity (Wildman–Crippen MR) is 63.5 cm³/mol. The number of aryl methyl sites for hydroxylation is 1. The molecule has 4 heteroatoms. The SMILES string of the molecule is Cn1cccc1C(=O)CN1CCSCC1. The molecule has 1 aromatic heterocycles. The Morgan fingerprint density at radius 1 is 1.47 bits per heavy atom. The van der Waals surface area contributed by atoms with Crippen molar-refractivity contribution in [2.75, 3.05) is 31.1 Å². The van der Waals surface area contributed by atoms with E-state index in [2.05, 4.69) is 4.90 Å². The molecule has 3 nitrogen and oxygen atoms in total. The van der Waals surface area contributed by atoms with Crippen molar-refractivity contribution in [3.05, 3.63) is 24.0 Å². The smallest absolute Gasteiger partial charge is 0.193 e. The molecular formula is C11H16N2OS. The van der Waals surface area contributed by atoms with Crippen LogP contribution >= 0.6 is 11.8 Å². The van der Waals surface area contributed by atoms with Crippen LogP contribution in [0.2, 0.25) is 0 Å². The lowest BCUT2D eigenvalue weighted by molar-refractivity contribution is 0.0929. The largest absolute Gasteiger partial charge is 0.348 e. The van der Waals surface area contributed by atoms with Gasteiger partial charge in [0.2, 0.25) is 0 Å². The molecule has 2 rings (SSSR count). The molecule has 0 unspecified atom stereocenters. The lowest BCUT2D eigenvalue weighted by atomic mass is 10.2. The van der Waals surface area contributed by atoms with E-state index in [-0.39, 0.29) is 5.78 Å². The second-order valence-electron chi connectivity index (χ2n) is 3.82. The number of rotatable bonds is 3. The highest BCUT2D eigenvalue weighted by molar-refractivity contribution is 7.99. The molecule has 0 bridgehead atoms. The fraction of sp³-hybridized carbons (Fsp3) is 0.545. The number of carbonyl (C=O) groups is 1. The van der Waals surface area contributed by atoms with Crippen molar-refractivity contribution in [1.29, 1.82) is 0 Å². The van der Waals surface area contributed by atoms with Gasteiger partial charge in [-0.05, 0) is 12.1 Å². The van der Waals surface area contributed by atoms with Gasteiger partial charge in [0.1, 0.15) is 0 Å². The van der Waals surface area contributed by atoms with Gasteiger partial charge in [0.15, 0.2) is 5.78 Å². The minimum absolute atomic E-state index is 0.231. The fourth-order valence-corrected chi connectivity index (χ4v) is 2.77. The number of hydrogen-bond acceptors (Lipinski definition) is 3. The molecule has 2 heterocycles. The molecule has 0 N–H and O–H groups in total. The van der Waals surface area contributed by atoms with Crippen molar-refractivity contribution in [2.24, 2.45) is 7.05 Å². The molecule has 1 aliphatic heterocycles. The Bertz CT molecular complexity index is 342. The quantitative estimate of drug-likeness (QED) is 0.723. The van der Waals surface area contributed by atoms with Crippen LogP contribution in [0.5, 0.6) is 0 Å². The summed E-state index contributed by atoms with van der Waals surface area (Å²) in [6.45, 7) is 2.65. The molecule has 15 heavy (non-hydrogen) atoms. The number of nitrogens with zero attached hydrogens (tertiary/aromatic N) is 2. The summed E-state index contributed by atoms with van der Waals surface area (Å²) in [6, 6.07) is 3.81. The lowest BCUT2D eigenvalue weighted by Gasteiger charge is -2.25. The summed E-state index contributed by atoms with van der Waals surface area (Å²) in [7, 11) is 1.92. The van der Waals surface area contributed by atoms with Crippen LogP contribution in [0.3, 0.4) is 0 Å². The molecule has 1 fully saturated rings. The summed E-state index contributed by atoms with van der Waals surface area (Å²) in [4.78, 5) is 14.2. The second kappa shape index (κ2) is 4.86. The van der Waals surface area contributed by atoms with Gasteiger partial charge in [0.25, 0.3) is 0 Å². The number of hydrogen-bond donors (Lipinski definition) is 0. The van der Waals surface area contributed by atoms with Crippen LogP contribution in [0.1, 0.15) is 10.5 Å². The van der Waals surface area contributed by atoms with Gasteiger partial charge in [0.05, 0.1) is 12.2 Å². The van der Waals surface area contributed by atoms with Crippen molar-refractivity contribution in [3.63, 3.8) is 0 Å². The highest BCUT2D eigenvalue weighted by atomic mass is 32.2. The van der Waals surface area contributed by atoms with Crippen LogP contribution in [-0.2, 0) is 7.05 Å². The maximum Gasteiger partial charge on any atom is 0.193 e. The third-order valence-corrected chi connectivity index (χ3v) is 3.64. The summed E-state index contributed by atoms with van der Waals surface area (Å²) in [5.41, 5.74) is 0.813. The number of thioether (sulfide) groups is 1. The van der Waals surface area contributed by atoms with Gasteiger partial charge in [-0.15, -0.1) is 0 Å². The van der Waals surface area contributed by atoms with Crippen molar-refractivity contribution in [3.8, 4) is 0 Å². The van der Waals surface area contributed by atoms with E-state index < -0.39 is 0 Å². The molecule has 0 amide bonds. The van der Waals surface area contributed by atoms with E-state index in [1.807, 2.05) is 41.7 Å². The second-order valence-corrected chi connectivity index (χ2v) is 5.04. The Balaban J connectivity index is 1.94. The van der Waals surface area contributed by atoms with E-state index in [0.29, 0.717) is 6.54 Å². The molecule has 1 saturated heterocycles. The van der Waals surface area contributed by atoms with Crippen LogP contribution in [-0.4, -0.2) is 46.4 Å². The Kier molecular flexibility index (Phi) is 3.49. The number of aromatic nitrogens is 1. The standard InChI is InChI=1S/C11H16N2OS/c1-12-4-2-3-10(12)11(14)9-13-5-7-15-8-6-13/h2-4H,5-9H2,1H3. The summed E-state index contributed by atoms with van der Waals surface area (Å²) < 4.78 is 1.89. The van der Waals surface area contributed by atoms with E-state index in [1.165, 1.54) is 0 Å². The van der Waals surface area contributed by atoms with Crippen molar-refractivity contribution in [2.45, 2.75) is 0 Å². The Morgan fingerprint density at radius 2 is 2.20 bits per heavy atom. The van der Waals surface area contributed by atoms with E-state index in [0.717, 1.165) is 30.3 Å². The molecule has 0 radical (unpaired) electrons. The Morgan fingerprint density at radius 3 is 2.80 bits per heavy atom. The van der Waals surface area contributed by atoms with E-state index in [9.17, 15) is 4.79 Å². The van der Waals surface area contributed by atoms with Crippen LogP contribution in [0.4, 0.5) is 0 Å². The third-order valence-electron chi connectivity index (χ3n) is 2.70. The predicted octanol–water partition coefficient (Wildman–Crippen LogP) is 1.26. The maximum absolute atomic E-state index is 11.9. The zero-order chi connectivity index (χ0) is 10.7. The van der Waals surface area contributed by atoms with Crippen molar-refractivity contribution >= 4 is 17.5 Å². The summed E-state index contributed by atoms with van der Waals surface area (Å²) in [5, 5.41) is 0. The summed E-state index contributed by atoms with van der Waals surface area (Å²) in [5.74, 6) is 2.54. The van der Waals surface area contributed by atoms with Crippen molar-refractivity contribution in [1.82, 2.24) is 9.47 Å². The highest BCUT2D eigenvalue weighted by Crippen LogP contribution is 2.10. The first-order chi connectivity index (χ1) is 7.27. The first kappa shape index (κ1) is 10.8. The lowest BCUT2D eigenvalue weighted by Crippen LogP contribution is -2.37. The molecule has 1 aromatic rings. The molecular weight excluding hydrogens is 208 g/mol. The van der Waals surface area contributed by atoms with Crippen molar-refractivity contribution < 1.29 is 4.79 Å². The molecule has 0 spiro atoms. The summed E-state index contributed by atoms with van der Waals surface area (Å²) in [6.07, 6.45) is 1.92. The Labute approximate surface area is 94.4 Å². The van der Waals surface area contributed by atoms with E-state index in [4.69, 9.17) is 0 Å². The fourth-order valence-electron chi connectivity index (χ4n) is 1.79. The third kappa shape index (κ3) is 2.63. The van der Waals surface area contributed by atoms with Gasteiger partial charge in [-0.25, -0.2) is 0 Å². The molecule has 82 valence electrons. The minimum atomic E-state index is 0.231. The Hall–Kier alpha value is -0.740. The van der Waals surface area contributed by atoms with E-state index in [1.54, 1.807) is 0 Å². The topological polar surface area (TPSA) is 25.2 Å². The van der Waals surface area contributed by atoms with Gasteiger partial charge < -0.3 is 4.57 Å². The first-order valence-corrected chi connectivity index (χ1v) is 6.37. The van der Waals surface area contributed by atoms with Gasteiger partial charge >= 0.3 is 0 Å². The zero-order valence-corrected chi connectivity index (χ0v) is 9.80. The van der Waals surface area contributed by atoms with Gasteiger partial charge in [-0.3, -0.25) is 9.69 Å². The first-order valence-electron chi connectivity index (χ1n) is 5.22. The maximum atomic E-state index is 11.9. The molecule has 0 aromatic carbocycles. The zero-order valence-electron chi connectivity index (χ0n) is 8.98. The molecule has 0 aliphatic carbocycles. The van der Waals surface area contributed by atoms with Crippen LogP contribution in [0, 0.1) is 0 Å². The molecule has 1 aliphatic rings. The minimum Gasteiger partial charge on any atom is -0.348 e. The number of ketones is 1. The summed E-state index contributed by atoms with van der Waals surface area (Å²) >= 11 is 1.97. The normalized spacial score (nSPS) is 17.9.